The third-order valence-electron chi connectivity index (χ3n) is 6.99. The summed E-state index contributed by atoms with van der Waals surface area (Å²) in [4.78, 5) is 11.3. The summed E-state index contributed by atoms with van der Waals surface area (Å²) in [5.74, 6) is 0.651. The lowest BCUT2D eigenvalue weighted by Crippen LogP contribution is -2.58. The first kappa shape index (κ1) is 24.4. The van der Waals surface area contributed by atoms with E-state index in [9.17, 15) is 20.1 Å². The summed E-state index contributed by atoms with van der Waals surface area (Å²) in [5.41, 5.74) is 4.28. The summed E-state index contributed by atoms with van der Waals surface area (Å²) in [7, 11) is 0. The molecule has 1 aliphatic heterocycles. The number of fused-ring (bicyclic) bond motifs is 1. The molecule has 2 aromatic carbocycles. The van der Waals surface area contributed by atoms with E-state index in [0.717, 1.165) is 22.0 Å². The van der Waals surface area contributed by atoms with Gasteiger partial charge in [-0.05, 0) is 60.9 Å². The van der Waals surface area contributed by atoms with Crippen molar-refractivity contribution in [1.29, 1.82) is 0 Å². The van der Waals surface area contributed by atoms with Crippen LogP contribution in [0.4, 0.5) is 0 Å². The lowest BCUT2D eigenvalue weighted by molar-refractivity contribution is -0.242. The average molecular weight is 499 g/mol. The van der Waals surface area contributed by atoms with E-state index in [2.05, 4.69) is 29.6 Å². The van der Waals surface area contributed by atoms with Gasteiger partial charge in [-0.15, -0.1) is 0 Å². The van der Waals surface area contributed by atoms with E-state index in [1.54, 1.807) is 4.57 Å². The zero-order chi connectivity index (χ0) is 24.7. The number of rotatable bonds is 8. The SMILES string of the molecule is CC(=O)CNC[C@H]1O[C@@H](n2cc(Cc3ccc(C4CC4)cc3)c3c(Cl)cccc32)[C@H](O)[C@@H](O)[C@@H]1O. The zero-order valence-corrected chi connectivity index (χ0v) is 20.4. The van der Waals surface area contributed by atoms with Crippen molar-refractivity contribution in [1.82, 2.24) is 9.88 Å². The Morgan fingerprint density at radius 1 is 1.09 bits per heavy atom. The maximum absolute atomic E-state index is 11.3. The number of Topliss-reactive ketones (excluding diaryl/α,β-unsaturated/α-hetero) is 1. The van der Waals surface area contributed by atoms with Gasteiger partial charge in [-0.25, -0.2) is 0 Å². The number of benzene rings is 2. The van der Waals surface area contributed by atoms with Gasteiger partial charge in [0.15, 0.2) is 6.23 Å². The lowest BCUT2D eigenvalue weighted by Gasteiger charge is -2.41. The Balaban J connectivity index is 1.46. The standard InChI is InChI=1S/C27H31ClN2O5/c1-15(31)12-29-13-22-24(32)25(33)26(34)27(35-22)30-14-19(23-20(28)3-2-4-21(23)30)11-16-5-7-17(8-6-16)18-9-10-18/h2-8,14,18,22,24-27,29,32-34H,9-13H2,1H3/t22-,24-,25+,26-,27-/m1/s1. The predicted octanol–water partition coefficient (Wildman–Crippen LogP) is 2.92. The van der Waals surface area contributed by atoms with Gasteiger partial charge >= 0.3 is 0 Å². The first-order valence-corrected chi connectivity index (χ1v) is 12.5. The summed E-state index contributed by atoms with van der Waals surface area (Å²) >= 11 is 6.62. The minimum absolute atomic E-state index is 0.0479. The van der Waals surface area contributed by atoms with E-state index < -0.39 is 30.6 Å². The van der Waals surface area contributed by atoms with Crippen LogP contribution in [-0.4, -0.2) is 63.2 Å². The van der Waals surface area contributed by atoms with Gasteiger partial charge in [-0.3, -0.25) is 4.79 Å². The number of hydrogen-bond donors (Lipinski definition) is 4. The third-order valence-corrected chi connectivity index (χ3v) is 7.30. The highest BCUT2D eigenvalue weighted by Crippen LogP contribution is 2.40. The molecule has 8 heteroatoms. The average Bonchev–Trinajstić information content (AvgIpc) is 3.62. The molecule has 35 heavy (non-hydrogen) atoms. The first-order valence-electron chi connectivity index (χ1n) is 12.1. The molecule has 0 radical (unpaired) electrons. The molecule has 1 saturated carbocycles. The van der Waals surface area contributed by atoms with Crippen molar-refractivity contribution < 1.29 is 24.9 Å². The fraction of sp³-hybridized carbons (Fsp3) is 0.444. The molecule has 1 aliphatic carbocycles. The fourth-order valence-corrected chi connectivity index (χ4v) is 5.25. The maximum atomic E-state index is 11.3. The number of nitrogens with zero attached hydrogens (tertiary/aromatic N) is 1. The summed E-state index contributed by atoms with van der Waals surface area (Å²) in [6, 6.07) is 14.3. The molecular formula is C27H31ClN2O5. The van der Waals surface area contributed by atoms with Crippen molar-refractivity contribution in [2.45, 2.75) is 62.7 Å². The van der Waals surface area contributed by atoms with E-state index in [-0.39, 0.29) is 18.9 Å². The van der Waals surface area contributed by atoms with Crippen LogP contribution in [0.2, 0.25) is 5.02 Å². The van der Waals surface area contributed by atoms with E-state index in [1.165, 1.54) is 25.3 Å². The second-order valence-electron chi connectivity index (χ2n) is 9.76. The number of carbonyl (C=O) groups excluding carboxylic acids is 1. The van der Waals surface area contributed by atoms with Gasteiger partial charge in [0.1, 0.15) is 30.2 Å². The number of aliphatic hydroxyl groups excluding tert-OH is 3. The van der Waals surface area contributed by atoms with Crippen molar-refractivity contribution >= 4 is 28.3 Å². The molecule has 1 aromatic heterocycles. The molecular weight excluding hydrogens is 468 g/mol. The second-order valence-corrected chi connectivity index (χ2v) is 10.2. The molecule has 0 unspecified atom stereocenters. The molecule has 4 N–H and O–H groups in total. The smallest absolute Gasteiger partial charge is 0.163 e. The Hall–Kier alpha value is -2.26. The monoisotopic (exact) mass is 498 g/mol. The topological polar surface area (TPSA) is 104 Å². The number of ketones is 1. The number of carbonyl (C=O) groups is 1. The number of hydrogen-bond acceptors (Lipinski definition) is 6. The third kappa shape index (κ3) is 5.03. The van der Waals surface area contributed by atoms with E-state index in [0.29, 0.717) is 17.4 Å². The molecule has 5 atom stereocenters. The van der Waals surface area contributed by atoms with Crippen molar-refractivity contribution in [2.75, 3.05) is 13.1 Å². The normalized spacial score (nSPS) is 26.8. The number of halogens is 1. The minimum atomic E-state index is -1.41. The van der Waals surface area contributed by atoms with Crippen LogP contribution < -0.4 is 5.32 Å². The first-order chi connectivity index (χ1) is 16.8. The van der Waals surface area contributed by atoms with Crippen LogP contribution in [0.5, 0.6) is 0 Å². The molecule has 0 spiro atoms. The van der Waals surface area contributed by atoms with Crippen molar-refractivity contribution in [3.63, 3.8) is 0 Å². The highest BCUT2D eigenvalue weighted by atomic mass is 35.5. The van der Waals surface area contributed by atoms with Crippen molar-refractivity contribution in [3.8, 4) is 0 Å². The number of ether oxygens (including phenoxy) is 1. The molecule has 186 valence electrons. The summed E-state index contributed by atoms with van der Waals surface area (Å²) in [6.07, 6.45) is -0.731. The van der Waals surface area contributed by atoms with Crippen LogP contribution in [0.3, 0.4) is 0 Å². The van der Waals surface area contributed by atoms with Gasteiger partial charge in [0.05, 0.1) is 17.1 Å². The highest BCUT2D eigenvalue weighted by Gasteiger charge is 2.44. The van der Waals surface area contributed by atoms with Crippen LogP contribution >= 0.6 is 11.6 Å². The van der Waals surface area contributed by atoms with Gasteiger partial charge in [-0.1, -0.05) is 41.9 Å². The molecule has 1 saturated heterocycles. The second kappa shape index (κ2) is 10.0. The molecule has 5 rings (SSSR count). The highest BCUT2D eigenvalue weighted by molar-refractivity contribution is 6.35. The van der Waals surface area contributed by atoms with Gasteiger partial charge in [0.2, 0.25) is 0 Å². The van der Waals surface area contributed by atoms with E-state index in [4.69, 9.17) is 16.3 Å². The Bertz CT molecular complexity index is 1210. The van der Waals surface area contributed by atoms with Crippen molar-refractivity contribution in [2.24, 2.45) is 0 Å². The molecule has 2 heterocycles. The predicted molar refractivity (Wildman–Crippen MR) is 134 cm³/mol. The fourth-order valence-electron chi connectivity index (χ4n) is 4.96. The molecule has 2 fully saturated rings. The summed E-state index contributed by atoms with van der Waals surface area (Å²) in [5, 5.41) is 36.3. The number of nitrogens with one attached hydrogen (secondary N) is 1. The minimum Gasteiger partial charge on any atom is -0.388 e. The van der Waals surface area contributed by atoms with Gasteiger partial charge in [0, 0.05) is 18.1 Å². The van der Waals surface area contributed by atoms with Gasteiger partial charge in [-0.2, -0.15) is 0 Å². The Kier molecular flexibility index (Phi) is 6.99. The Morgan fingerprint density at radius 2 is 1.83 bits per heavy atom. The van der Waals surface area contributed by atoms with E-state index in [1.807, 2.05) is 24.4 Å². The van der Waals surface area contributed by atoms with Crippen molar-refractivity contribution in [3.05, 3.63) is 70.4 Å². The summed E-state index contributed by atoms with van der Waals surface area (Å²) in [6.45, 7) is 1.74. The quantitative estimate of drug-likeness (QED) is 0.381. The van der Waals surface area contributed by atoms with Crippen LogP contribution in [0.1, 0.15) is 48.6 Å². The van der Waals surface area contributed by atoms with E-state index >= 15 is 0 Å². The molecule has 0 bridgehead atoms. The summed E-state index contributed by atoms with van der Waals surface area (Å²) < 4.78 is 7.88. The molecule has 3 aromatic rings. The molecule has 2 aliphatic rings. The molecule has 0 amide bonds. The Labute approximate surface area is 209 Å². The number of aliphatic hydroxyl groups is 3. The van der Waals surface area contributed by atoms with Crippen LogP contribution in [-0.2, 0) is 16.0 Å². The zero-order valence-electron chi connectivity index (χ0n) is 19.6. The van der Waals surface area contributed by atoms with Crippen LogP contribution in [0.15, 0.2) is 48.7 Å². The Morgan fingerprint density at radius 3 is 2.51 bits per heavy atom. The number of aromatic nitrogens is 1. The maximum Gasteiger partial charge on any atom is 0.163 e. The lowest BCUT2D eigenvalue weighted by atomic mass is 9.97. The van der Waals surface area contributed by atoms with Gasteiger partial charge < -0.3 is 29.9 Å². The molecule has 7 nitrogen and oxygen atoms in total. The largest absolute Gasteiger partial charge is 0.388 e. The van der Waals surface area contributed by atoms with Crippen LogP contribution in [0.25, 0.3) is 10.9 Å². The van der Waals surface area contributed by atoms with Crippen LogP contribution in [0, 0.1) is 0 Å². The van der Waals surface area contributed by atoms with Gasteiger partial charge in [0.25, 0.3) is 0 Å².